The second-order valence-electron chi connectivity index (χ2n) is 4.95. The third kappa shape index (κ3) is 3.21. The number of hydrogen-bond acceptors (Lipinski definition) is 3. The van der Waals surface area contributed by atoms with Crippen LogP contribution >= 0.6 is 11.6 Å². The molecule has 0 spiro atoms. The van der Waals surface area contributed by atoms with Crippen molar-refractivity contribution in [2.45, 2.75) is 6.42 Å². The summed E-state index contributed by atoms with van der Waals surface area (Å²) in [5, 5.41) is 0.356. The number of amides is 1. The average Bonchev–Trinajstić information content (AvgIpc) is 2.73. The van der Waals surface area contributed by atoms with E-state index < -0.39 is 0 Å². The molecule has 1 aromatic heterocycles. The van der Waals surface area contributed by atoms with E-state index in [-0.39, 0.29) is 5.91 Å². The minimum Gasteiger partial charge on any atom is -0.340 e. The first-order valence-corrected chi connectivity index (χ1v) is 6.50. The molecule has 0 N–H and O–H groups in total. The van der Waals surface area contributed by atoms with E-state index in [1.54, 1.807) is 23.1 Å². The van der Waals surface area contributed by atoms with E-state index >= 15 is 0 Å². The molecule has 0 bridgehead atoms. The molecule has 1 aromatic rings. The minimum atomic E-state index is -0.0629. The van der Waals surface area contributed by atoms with Crippen molar-refractivity contribution in [2.24, 2.45) is 5.92 Å². The summed E-state index contributed by atoms with van der Waals surface area (Å²) in [5.41, 5.74) is 0.413. The summed E-state index contributed by atoms with van der Waals surface area (Å²) in [6.45, 7) is 2.94. The predicted octanol–water partition coefficient (Wildman–Crippen LogP) is 1.76. The number of hydrogen-bond donors (Lipinski definition) is 0. The Kier molecular flexibility index (Phi) is 4.19. The summed E-state index contributed by atoms with van der Waals surface area (Å²) < 4.78 is 0. The number of nitrogens with zero attached hydrogens (tertiary/aromatic N) is 3. The van der Waals surface area contributed by atoms with Gasteiger partial charge >= 0.3 is 0 Å². The number of aromatic nitrogens is 1. The van der Waals surface area contributed by atoms with Crippen LogP contribution in [0.1, 0.15) is 16.9 Å². The summed E-state index contributed by atoms with van der Waals surface area (Å²) in [6.07, 6.45) is 1.15. The van der Waals surface area contributed by atoms with Crippen molar-refractivity contribution in [1.82, 2.24) is 14.8 Å². The molecule has 1 aliphatic heterocycles. The first-order chi connectivity index (χ1) is 8.56. The van der Waals surface area contributed by atoms with Crippen LogP contribution in [0.25, 0.3) is 0 Å². The van der Waals surface area contributed by atoms with Gasteiger partial charge in [0.05, 0.1) is 0 Å². The summed E-state index contributed by atoms with van der Waals surface area (Å²) in [7, 11) is 3.93. The van der Waals surface area contributed by atoms with Crippen molar-refractivity contribution in [1.29, 1.82) is 0 Å². The second kappa shape index (κ2) is 5.67. The Morgan fingerprint density at radius 1 is 1.61 bits per heavy atom. The standard InChI is InChI=1S/C13H18ClN3O/c1-16-7-6-10(8-16)9-17(2)13(18)11-4-3-5-12(14)15-11/h3-5,10H,6-9H2,1-2H3. The van der Waals surface area contributed by atoms with E-state index in [1.165, 1.54) is 0 Å². The highest BCUT2D eigenvalue weighted by Gasteiger charge is 2.23. The second-order valence-corrected chi connectivity index (χ2v) is 5.34. The summed E-state index contributed by atoms with van der Waals surface area (Å²) in [6, 6.07) is 5.12. The molecule has 1 amide bonds. The van der Waals surface area contributed by atoms with Crippen LogP contribution in [0.2, 0.25) is 5.15 Å². The number of likely N-dealkylation sites (tertiary alicyclic amines) is 1. The lowest BCUT2D eigenvalue weighted by Gasteiger charge is -2.20. The maximum Gasteiger partial charge on any atom is 0.272 e. The van der Waals surface area contributed by atoms with Gasteiger partial charge in [0, 0.05) is 20.1 Å². The Bertz CT molecular complexity index is 438. The lowest BCUT2D eigenvalue weighted by atomic mass is 10.1. The zero-order chi connectivity index (χ0) is 13.1. The summed E-state index contributed by atoms with van der Waals surface area (Å²) >= 11 is 5.79. The Balaban J connectivity index is 1.96. The van der Waals surface area contributed by atoms with Gasteiger partial charge in [0.25, 0.3) is 5.91 Å². The molecule has 4 nitrogen and oxygen atoms in total. The van der Waals surface area contributed by atoms with E-state index in [0.29, 0.717) is 16.8 Å². The number of rotatable bonds is 3. The van der Waals surface area contributed by atoms with Gasteiger partial charge in [-0.1, -0.05) is 17.7 Å². The molecule has 0 radical (unpaired) electrons. The van der Waals surface area contributed by atoms with Gasteiger partial charge in [-0.15, -0.1) is 0 Å². The van der Waals surface area contributed by atoms with E-state index in [2.05, 4.69) is 16.9 Å². The van der Waals surface area contributed by atoms with Crippen molar-refractivity contribution in [3.05, 3.63) is 29.0 Å². The van der Waals surface area contributed by atoms with Crippen LogP contribution in [0.4, 0.5) is 0 Å². The van der Waals surface area contributed by atoms with Gasteiger partial charge in [-0.05, 0) is 38.1 Å². The molecule has 1 unspecified atom stereocenters. The molecule has 0 aliphatic carbocycles. The minimum absolute atomic E-state index is 0.0629. The maximum atomic E-state index is 12.2. The van der Waals surface area contributed by atoms with Crippen molar-refractivity contribution < 1.29 is 4.79 Å². The highest BCUT2D eigenvalue weighted by atomic mass is 35.5. The Morgan fingerprint density at radius 3 is 3.00 bits per heavy atom. The first kappa shape index (κ1) is 13.3. The highest BCUT2D eigenvalue weighted by Crippen LogP contribution is 2.16. The number of carbonyl (C=O) groups is 1. The third-order valence-corrected chi connectivity index (χ3v) is 3.51. The molecule has 0 saturated carbocycles. The summed E-state index contributed by atoms with van der Waals surface area (Å²) in [5.74, 6) is 0.496. The van der Waals surface area contributed by atoms with Crippen LogP contribution in [0.5, 0.6) is 0 Å². The van der Waals surface area contributed by atoms with Crippen LogP contribution < -0.4 is 0 Å². The maximum absolute atomic E-state index is 12.2. The lowest BCUT2D eigenvalue weighted by molar-refractivity contribution is 0.0768. The predicted molar refractivity (Wildman–Crippen MR) is 71.8 cm³/mol. The quantitative estimate of drug-likeness (QED) is 0.783. The van der Waals surface area contributed by atoms with Gasteiger partial charge in [0.15, 0.2) is 0 Å². The fourth-order valence-corrected chi connectivity index (χ4v) is 2.53. The number of carbonyl (C=O) groups excluding carboxylic acids is 1. The topological polar surface area (TPSA) is 36.4 Å². The zero-order valence-corrected chi connectivity index (χ0v) is 11.5. The molecule has 1 fully saturated rings. The Morgan fingerprint density at radius 2 is 2.39 bits per heavy atom. The van der Waals surface area contributed by atoms with Crippen molar-refractivity contribution >= 4 is 17.5 Å². The molecule has 2 rings (SSSR count). The normalized spacial score (nSPS) is 20.1. The molecule has 1 aliphatic rings. The van der Waals surface area contributed by atoms with Gasteiger partial charge in [0.1, 0.15) is 10.8 Å². The van der Waals surface area contributed by atoms with Crippen molar-refractivity contribution in [2.75, 3.05) is 33.7 Å². The van der Waals surface area contributed by atoms with Crippen LogP contribution in [0.15, 0.2) is 18.2 Å². The first-order valence-electron chi connectivity index (χ1n) is 6.13. The molecular weight excluding hydrogens is 250 g/mol. The fraction of sp³-hybridized carbons (Fsp3) is 0.538. The van der Waals surface area contributed by atoms with Crippen molar-refractivity contribution in [3.8, 4) is 0 Å². The molecule has 98 valence electrons. The van der Waals surface area contributed by atoms with Crippen LogP contribution in [-0.4, -0.2) is 54.4 Å². The van der Waals surface area contributed by atoms with Crippen LogP contribution in [0, 0.1) is 5.92 Å². The van der Waals surface area contributed by atoms with Gasteiger partial charge in [0.2, 0.25) is 0 Å². The third-order valence-electron chi connectivity index (χ3n) is 3.30. The SMILES string of the molecule is CN1CCC(CN(C)C(=O)c2cccc(Cl)n2)C1. The van der Waals surface area contributed by atoms with E-state index in [0.717, 1.165) is 26.1 Å². The van der Waals surface area contributed by atoms with Gasteiger partial charge in [-0.25, -0.2) is 4.98 Å². The van der Waals surface area contributed by atoms with Gasteiger partial charge < -0.3 is 9.80 Å². The fourth-order valence-electron chi connectivity index (χ4n) is 2.37. The molecule has 1 saturated heterocycles. The Hall–Kier alpha value is -1.13. The average molecular weight is 268 g/mol. The van der Waals surface area contributed by atoms with Crippen LogP contribution in [0.3, 0.4) is 0 Å². The molecule has 18 heavy (non-hydrogen) atoms. The van der Waals surface area contributed by atoms with Gasteiger partial charge in [-0.2, -0.15) is 0 Å². The van der Waals surface area contributed by atoms with Gasteiger partial charge in [-0.3, -0.25) is 4.79 Å². The molecule has 0 aromatic carbocycles. The smallest absolute Gasteiger partial charge is 0.272 e. The number of pyridine rings is 1. The Labute approximate surface area is 113 Å². The van der Waals surface area contributed by atoms with E-state index in [9.17, 15) is 4.79 Å². The number of halogens is 1. The molecule has 5 heteroatoms. The lowest BCUT2D eigenvalue weighted by Crippen LogP contribution is -2.33. The van der Waals surface area contributed by atoms with Crippen molar-refractivity contribution in [3.63, 3.8) is 0 Å². The monoisotopic (exact) mass is 267 g/mol. The molecular formula is C13H18ClN3O. The van der Waals surface area contributed by atoms with Crippen LogP contribution in [-0.2, 0) is 0 Å². The summed E-state index contributed by atoms with van der Waals surface area (Å²) in [4.78, 5) is 20.2. The molecule has 2 heterocycles. The van der Waals surface area contributed by atoms with E-state index in [4.69, 9.17) is 11.6 Å². The highest BCUT2D eigenvalue weighted by molar-refractivity contribution is 6.29. The van der Waals surface area contributed by atoms with E-state index in [1.807, 2.05) is 7.05 Å². The molecule has 1 atom stereocenters. The zero-order valence-electron chi connectivity index (χ0n) is 10.8. The largest absolute Gasteiger partial charge is 0.340 e.